The minimum atomic E-state index is 0.184. The molecule has 3 heteroatoms. The van der Waals surface area contributed by atoms with Gasteiger partial charge < -0.3 is 4.74 Å². The van der Waals surface area contributed by atoms with Crippen molar-refractivity contribution in [3.63, 3.8) is 0 Å². The number of ketones is 1. The third-order valence-electron chi connectivity index (χ3n) is 8.40. The van der Waals surface area contributed by atoms with E-state index in [9.17, 15) is 9.59 Å². The SMILES string of the molecule is CO[C@H]1CC[C@H]2[C@@H]3CCC4=CC(=O)CCC4=C3[C@@H](c3ccc(C=O)cc3)C[C@]12C. The third-order valence-corrected chi connectivity index (χ3v) is 8.40. The molecule has 2 fully saturated rings. The highest BCUT2D eigenvalue weighted by Crippen LogP contribution is 2.64. The van der Waals surface area contributed by atoms with Crippen molar-refractivity contribution >= 4 is 12.1 Å². The molecule has 3 nitrogen and oxygen atoms in total. The second-order valence-corrected chi connectivity index (χ2v) is 9.67. The molecule has 5 rings (SSSR count). The number of benzene rings is 1. The number of carbonyl (C=O) groups is 2. The standard InChI is InChI=1S/C26H30O3/c1-26-14-22(17-5-3-16(15-27)4-6-17)25-20-10-8-19(28)13-18(20)7-9-21(25)23(26)11-12-24(26)29-2/h3-6,13,15,21-24H,7-12,14H2,1-2H3/t21-,22+,23-,24-,26-/m0/s1. The molecule has 0 aromatic heterocycles. The second-order valence-electron chi connectivity index (χ2n) is 9.67. The van der Waals surface area contributed by atoms with Gasteiger partial charge in [0.05, 0.1) is 6.10 Å². The predicted molar refractivity (Wildman–Crippen MR) is 113 cm³/mol. The summed E-state index contributed by atoms with van der Waals surface area (Å²) in [6.07, 6.45) is 10.4. The molecule has 152 valence electrons. The molecule has 0 unspecified atom stereocenters. The summed E-state index contributed by atoms with van der Waals surface area (Å²) < 4.78 is 5.99. The van der Waals surface area contributed by atoms with Gasteiger partial charge in [-0.1, -0.05) is 36.8 Å². The van der Waals surface area contributed by atoms with E-state index in [1.807, 2.05) is 25.3 Å². The van der Waals surface area contributed by atoms with E-state index in [4.69, 9.17) is 4.74 Å². The maximum atomic E-state index is 12.1. The highest BCUT2D eigenvalue weighted by molar-refractivity contribution is 5.93. The van der Waals surface area contributed by atoms with Gasteiger partial charge in [0, 0.05) is 25.0 Å². The summed E-state index contributed by atoms with van der Waals surface area (Å²) in [5.41, 5.74) is 6.60. The number of allylic oxidation sites excluding steroid dienone is 4. The maximum Gasteiger partial charge on any atom is 0.156 e. The van der Waals surface area contributed by atoms with E-state index in [2.05, 4.69) is 19.1 Å². The van der Waals surface area contributed by atoms with Gasteiger partial charge in [-0.2, -0.15) is 0 Å². The molecule has 4 aliphatic carbocycles. The van der Waals surface area contributed by atoms with E-state index in [0.29, 0.717) is 30.3 Å². The molecule has 0 radical (unpaired) electrons. The average molecular weight is 391 g/mol. The minimum Gasteiger partial charge on any atom is -0.381 e. The van der Waals surface area contributed by atoms with Crippen LogP contribution in [0.25, 0.3) is 0 Å². The maximum absolute atomic E-state index is 12.1. The molecule has 1 aromatic rings. The largest absolute Gasteiger partial charge is 0.381 e. The van der Waals surface area contributed by atoms with E-state index in [1.165, 1.54) is 23.1 Å². The summed E-state index contributed by atoms with van der Waals surface area (Å²) in [6.45, 7) is 2.45. The molecular formula is C26H30O3. The molecule has 0 bridgehead atoms. The van der Waals surface area contributed by atoms with Crippen LogP contribution in [-0.4, -0.2) is 25.3 Å². The molecule has 0 saturated heterocycles. The van der Waals surface area contributed by atoms with E-state index < -0.39 is 0 Å². The highest BCUT2D eigenvalue weighted by Gasteiger charge is 2.56. The van der Waals surface area contributed by atoms with Crippen molar-refractivity contribution in [1.82, 2.24) is 0 Å². The molecule has 0 N–H and O–H groups in total. The number of hydrogen-bond donors (Lipinski definition) is 0. The number of ether oxygens (including phenoxy) is 1. The fraction of sp³-hybridized carbons (Fsp3) is 0.538. The van der Waals surface area contributed by atoms with E-state index in [-0.39, 0.29) is 11.2 Å². The molecular weight excluding hydrogens is 360 g/mol. The van der Waals surface area contributed by atoms with Gasteiger partial charge in [-0.3, -0.25) is 9.59 Å². The predicted octanol–water partition coefficient (Wildman–Crippen LogP) is 5.41. The van der Waals surface area contributed by atoms with Gasteiger partial charge in [0.25, 0.3) is 0 Å². The van der Waals surface area contributed by atoms with Crippen LogP contribution in [0.5, 0.6) is 0 Å². The van der Waals surface area contributed by atoms with Gasteiger partial charge in [-0.15, -0.1) is 0 Å². The zero-order valence-electron chi connectivity index (χ0n) is 17.4. The molecule has 0 amide bonds. The summed E-state index contributed by atoms with van der Waals surface area (Å²) in [6, 6.07) is 8.18. The van der Waals surface area contributed by atoms with Gasteiger partial charge in [-0.25, -0.2) is 0 Å². The molecule has 2 saturated carbocycles. The average Bonchev–Trinajstić information content (AvgIpc) is 3.08. The van der Waals surface area contributed by atoms with Crippen molar-refractivity contribution in [2.75, 3.05) is 7.11 Å². The minimum absolute atomic E-state index is 0.184. The molecule has 0 aliphatic heterocycles. The third kappa shape index (κ3) is 2.89. The first kappa shape index (κ1) is 19.0. The van der Waals surface area contributed by atoms with E-state index in [0.717, 1.165) is 44.0 Å². The van der Waals surface area contributed by atoms with Crippen molar-refractivity contribution in [2.24, 2.45) is 17.3 Å². The first-order valence-corrected chi connectivity index (χ1v) is 11.1. The summed E-state index contributed by atoms with van der Waals surface area (Å²) in [5, 5.41) is 0. The Bertz CT molecular complexity index is 906. The van der Waals surface area contributed by atoms with Crippen LogP contribution < -0.4 is 0 Å². The molecule has 1 aromatic carbocycles. The summed E-state index contributed by atoms with van der Waals surface area (Å²) in [7, 11) is 1.87. The Morgan fingerprint density at radius 3 is 2.59 bits per heavy atom. The van der Waals surface area contributed by atoms with Crippen LogP contribution in [0.2, 0.25) is 0 Å². The van der Waals surface area contributed by atoms with Crippen LogP contribution in [0.1, 0.15) is 73.7 Å². The van der Waals surface area contributed by atoms with Gasteiger partial charge in [0.1, 0.15) is 6.29 Å². The van der Waals surface area contributed by atoms with Gasteiger partial charge in [-0.05, 0) is 78.6 Å². The molecule has 4 aliphatic rings. The normalized spacial score (nSPS) is 36.2. The Morgan fingerprint density at radius 2 is 1.86 bits per heavy atom. The molecule has 29 heavy (non-hydrogen) atoms. The lowest BCUT2D eigenvalue weighted by atomic mass is 9.53. The Kier molecular flexibility index (Phi) is 4.62. The van der Waals surface area contributed by atoms with Crippen LogP contribution in [0.15, 0.2) is 47.1 Å². The fourth-order valence-corrected chi connectivity index (χ4v) is 7.11. The lowest BCUT2D eigenvalue weighted by Crippen LogP contribution is -2.45. The van der Waals surface area contributed by atoms with Crippen molar-refractivity contribution in [3.05, 3.63) is 58.2 Å². The topological polar surface area (TPSA) is 43.4 Å². The number of rotatable bonds is 3. The smallest absolute Gasteiger partial charge is 0.156 e. The lowest BCUT2D eigenvalue weighted by Gasteiger charge is -2.52. The van der Waals surface area contributed by atoms with Crippen LogP contribution in [-0.2, 0) is 9.53 Å². The van der Waals surface area contributed by atoms with Crippen molar-refractivity contribution in [1.29, 1.82) is 0 Å². The molecule has 0 spiro atoms. The Balaban J connectivity index is 1.66. The molecule has 0 heterocycles. The van der Waals surface area contributed by atoms with Crippen LogP contribution in [0.4, 0.5) is 0 Å². The quantitative estimate of drug-likeness (QED) is 0.648. The van der Waals surface area contributed by atoms with Gasteiger partial charge in [0.2, 0.25) is 0 Å². The Labute approximate surface area is 173 Å². The van der Waals surface area contributed by atoms with Crippen LogP contribution in [0.3, 0.4) is 0 Å². The number of carbonyl (C=O) groups excluding carboxylic acids is 2. The van der Waals surface area contributed by atoms with Gasteiger partial charge in [0.15, 0.2) is 5.78 Å². The zero-order valence-corrected chi connectivity index (χ0v) is 17.4. The van der Waals surface area contributed by atoms with Crippen molar-refractivity contribution < 1.29 is 14.3 Å². The number of aldehydes is 1. The van der Waals surface area contributed by atoms with Crippen molar-refractivity contribution in [2.45, 2.75) is 63.9 Å². The first-order chi connectivity index (χ1) is 14.0. The zero-order chi connectivity index (χ0) is 20.2. The summed E-state index contributed by atoms with van der Waals surface area (Å²) >= 11 is 0. The fourth-order valence-electron chi connectivity index (χ4n) is 7.11. The second kappa shape index (κ2) is 7.05. The first-order valence-electron chi connectivity index (χ1n) is 11.1. The summed E-state index contributed by atoms with van der Waals surface area (Å²) in [5.74, 6) is 1.89. The van der Waals surface area contributed by atoms with E-state index in [1.54, 1.807) is 5.57 Å². The van der Waals surface area contributed by atoms with Gasteiger partial charge >= 0.3 is 0 Å². The number of fused-ring (bicyclic) bond motifs is 4. The van der Waals surface area contributed by atoms with Crippen LogP contribution >= 0.6 is 0 Å². The Hall–Kier alpha value is -2.00. The Morgan fingerprint density at radius 1 is 1.07 bits per heavy atom. The highest BCUT2D eigenvalue weighted by atomic mass is 16.5. The monoisotopic (exact) mass is 390 g/mol. The molecule has 5 atom stereocenters. The number of methoxy groups -OCH3 is 1. The van der Waals surface area contributed by atoms with E-state index >= 15 is 0 Å². The number of hydrogen-bond acceptors (Lipinski definition) is 3. The lowest BCUT2D eigenvalue weighted by molar-refractivity contribution is -0.114. The van der Waals surface area contributed by atoms with Crippen LogP contribution in [0, 0.1) is 17.3 Å². The summed E-state index contributed by atoms with van der Waals surface area (Å²) in [4.78, 5) is 23.2. The van der Waals surface area contributed by atoms with Crippen molar-refractivity contribution in [3.8, 4) is 0 Å².